The van der Waals surface area contributed by atoms with Gasteiger partial charge < -0.3 is 14.4 Å². The smallest absolute Gasteiger partial charge is 0.306 e. The Morgan fingerprint density at radius 1 is 0.966 bits per heavy atom. The molecular formula is C23H42N2O4. The molecule has 29 heavy (non-hydrogen) atoms. The van der Waals surface area contributed by atoms with E-state index in [9.17, 15) is 9.59 Å². The topological polar surface area (TPSA) is 59.1 Å². The maximum Gasteiger partial charge on any atom is 0.306 e. The van der Waals surface area contributed by atoms with Crippen LogP contribution < -0.4 is 0 Å². The zero-order valence-electron chi connectivity index (χ0n) is 18.5. The molecule has 0 aliphatic carbocycles. The molecule has 1 atom stereocenters. The minimum Gasteiger partial charge on any atom is -0.459 e. The van der Waals surface area contributed by atoms with E-state index >= 15 is 0 Å². The Labute approximate surface area is 177 Å². The molecule has 0 N–H and O–H groups in total. The summed E-state index contributed by atoms with van der Waals surface area (Å²) in [6.45, 7) is 7.42. The largest absolute Gasteiger partial charge is 0.459 e. The number of carbonyl (C=O) groups is 2. The summed E-state index contributed by atoms with van der Waals surface area (Å²) in [5, 5.41) is 0. The molecule has 2 aliphatic heterocycles. The summed E-state index contributed by atoms with van der Waals surface area (Å²) >= 11 is 0. The highest BCUT2D eigenvalue weighted by Gasteiger charge is 2.27. The minimum atomic E-state index is -0.235. The van der Waals surface area contributed by atoms with Gasteiger partial charge in [-0.05, 0) is 12.8 Å². The molecule has 2 rings (SSSR count). The van der Waals surface area contributed by atoms with Crippen LogP contribution in [0.4, 0.5) is 0 Å². The molecule has 0 unspecified atom stereocenters. The minimum absolute atomic E-state index is 0.113. The van der Waals surface area contributed by atoms with E-state index in [1.54, 1.807) is 0 Å². The van der Waals surface area contributed by atoms with Gasteiger partial charge in [0, 0.05) is 39.0 Å². The molecule has 0 spiro atoms. The lowest BCUT2D eigenvalue weighted by atomic mass is 10.1. The van der Waals surface area contributed by atoms with Gasteiger partial charge in [-0.1, -0.05) is 58.3 Å². The van der Waals surface area contributed by atoms with Crippen molar-refractivity contribution in [3.8, 4) is 0 Å². The van der Waals surface area contributed by atoms with Crippen molar-refractivity contribution < 1.29 is 19.1 Å². The van der Waals surface area contributed by atoms with Gasteiger partial charge in [0.1, 0.15) is 6.10 Å². The van der Waals surface area contributed by atoms with Crippen molar-refractivity contribution in [1.82, 2.24) is 9.80 Å². The van der Waals surface area contributed by atoms with Gasteiger partial charge in [-0.25, -0.2) is 0 Å². The van der Waals surface area contributed by atoms with E-state index in [1.807, 2.05) is 4.90 Å². The van der Waals surface area contributed by atoms with Crippen LogP contribution in [0, 0.1) is 0 Å². The highest BCUT2D eigenvalue weighted by molar-refractivity contribution is 5.78. The zero-order chi connectivity index (χ0) is 20.7. The molecule has 0 aromatic carbocycles. The molecule has 0 aromatic heterocycles. The second-order valence-corrected chi connectivity index (χ2v) is 8.55. The molecule has 0 radical (unpaired) electrons. The van der Waals surface area contributed by atoms with Crippen molar-refractivity contribution in [2.24, 2.45) is 0 Å². The van der Waals surface area contributed by atoms with Crippen LogP contribution in [0.1, 0.15) is 84.0 Å². The van der Waals surface area contributed by atoms with Crippen molar-refractivity contribution in [2.45, 2.75) is 90.1 Å². The maximum atomic E-state index is 12.4. The van der Waals surface area contributed by atoms with Crippen LogP contribution in [0.15, 0.2) is 0 Å². The predicted molar refractivity (Wildman–Crippen MR) is 115 cm³/mol. The molecule has 6 heteroatoms. The third kappa shape index (κ3) is 10.4. The van der Waals surface area contributed by atoms with Crippen LogP contribution in [-0.4, -0.2) is 73.7 Å². The number of carbonyl (C=O) groups excluding carboxylic acids is 2. The second-order valence-electron chi connectivity index (χ2n) is 8.55. The van der Waals surface area contributed by atoms with E-state index in [1.165, 1.54) is 44.9 Å². The summed E-state index contributed by atoms with van der Waals surface area (Å²) in [5.74, 6) is 0.0739. The lowest BCUT2D eigenvalue weighted by Gasteiger charge is -2.32. The quantitative estimate of drug-likeness (QED) is 0.304. The van der Waals surface area contributed by atoms with E-state index in [0.29, 0.717) is 25.9 Å². The van der Waals surface area contributed by atoms with Gasteiger partial charge in [-0.2, -0.15) is 0 Å². The number of ether oxygens (including phenoxy) is 2. The fraction of sp³-hybridized carbons (Fsp3) is 0.913. The van der Waals surface area contributed by atoms with Crippen LogP contribution in [0.2, 0.25) is 0 Å². The predicted octanol–water partition coefficient (Wildman–Crippen LogP) is 3.77. The Morgan fingerprint density at radius 3 is 2.24 bits per heavy atom. The van der Waals surface area contributed by atoms with Crippen molar-refractivity contribution >= 4 is 11.9 Å². The van der Waals surface area contributed by atoms with Gasteiger partial charge in [0.05, 0.1) is 19.8 Å². The Kier molecular flexibility index (Phi) is 12.3. The summed E-state index contributed by atoms with van der Waals surface area (Å²) in [6, 6.07) is 0. The highest BCUT2D eigenvalue weighted by Crippen LogP contribution is 2.14. The monoisotopic (exact) mass is 410 g/mol. The first-order chi connectivity index (χ1) is 14.2. The van der Waals surface area contributed by atoms with Gasteiger partial charge in [0.15, 0.2) is 0 Å². The Hall–Kier alpha value is -1.14. The molecule has 2 fully saturated rings. The van der Waals surface area contributed by atoms with E-state index in [2.05, 4.69) is 11.8 Å². The Balaban J connectivity index is 1.64. The molecule has 2 heterocycles. The van der Waals surface area contributed by atoms with E-state index in [4.69, 9.17) is 9.47 Å². The van der Waals surface area contributed by atoms with Crippen molar-refractivity contribution in [3.63, 3.8) is 0 Å². The van der Waals surface area contributed by atoms with Gasteiger partial charge in [-0.3, -0.25) is 14.5 Å². The molecule has 168 valence electrons. The number of unbranched alkanes of at least 4 members (excludes halogenated alkanes) is 8. The number of hydrogen-bond donors (Lipinski definition) is 0. The van der Waals surface area contributed by atoms with Gasteiger partial charge in [0.25, 0.3) is 0 Å². The number of morpholine rings is 1. The third-order valence-electron chi connectivity index (χ3n) is 5.94. The van der Waals surface area contributed by atoms with E-state index in [-0.39, 0.29) is 18.0 Å². The first kappa shape index (κ1) is 24.1. The summed E-state index contributed by atoms with van der Waals surface area (Å²) < 4.78 is 11.2. The van der Waals surface area contributed by atoms with Crippen LogP contribution in [0.5, 0.6) is 0 Å². The molecule has 0 aromatic rings. The standard InChI is InChI=1S/C23H42N2O4/c1-2-3-4-5-6-7-8-9-10-13-23(27)29-21(19-24-15-17-28-18-16-24)20-25-14-11-12-22(25)26/h21H,2-20H2,1H3/t21-/m0/s1. The molecular weight excluding hydrogens is 368 g/mol. The Bertz CT molecular complexity index is 466. The molecule has 0 bridgehead atoms. The second kappa shape index (κ2) is 14.8. The molecule has 1 amide bonds. The average Bonchev–Trinajstić information content (AvgIpc) is 3.12. The fourth-order valence-electron chi connectivity index (χ4n) is 4.17. The zero-order valence-corrected chi connectivity index (χ0v) is 18.5. The van der Waals surface area contributed by atoms with Gasteiger partial charge in [-0.15, -0.1) is 0 Å². The van der Waals surface area contributed by atoms with Crippen LogP contribution in [0.25, 0.3) is 0 Å². The van der Waals surface area contributed by atoms with E-state index in [0.717, 1.165) is 52.1 Å². The summed E-state index contributed by atoms with van der Waals surface area (Å²) in [4.78, 5) is 28.5. The number of hydrogen-bond acceptors (Lipinski definition) is 5. The van der Waals surface area contributed by atoms with Crippen LogP contribution in [-0.2, 0) is 19.1 Å². The maximum absolute atomic E-state index is 12.4. The SMILES string of the molecule is CCCCCCCCCCCC(=O)O[C@@H](CN1CCOCC1)CN1CCCC1=O. The lowest BCUT2D eigenvalue weighted by Crippen LogP contribution is -2.46. The van der Waals surface area contributed by atoms with Crippen molar-refractivity contribution in [1.29, 1.82) is 0 Å². The van der Waals surface area contributed by atoms with Crippen molar-refractivity contribution in [3.05, 3.63) is 0 Å². The number of amides is 1. The van der Waals surface area contributed by atoms with E-state index < -0.39 is 0 Å². The van der Waals surface area contributed by atoms with Crippen LogP contribution >= 0.6 is 0 Å². The number of esters is 1. The van der Waals surface area contributed by atoms with Gasteiger partial charge >= 0.3 is 5.97 Å². The molecule has 2 saturated heterocycles. The summed E-state index contributed by atoms with van der Waals surface area (Å²) in [5.41, 5.74) is 0. The van der Waals surface area contributed by atoms with Crippen molar-refractivity contribution in [2.75, 3.05) is 45.9 Å². The molecule has 6 nitrogen and oxygen atoms in total. The lowest BCUT2D eigenvalue weighted by molar-refractivity contribution is -0.153. The third-order valence-corrected chi connectivity index (χ3v) is 5.94. The first-order valence-corrected chi connectivity index (χ1v) is 12.0. The molecule has 2 aliphatic rings. The summed E-state index contributed by atoms with van der Waals surface area (Å²) in [7, 11) is 0. The highest BCUT2D eigenvalue weighted by atomic mass is 16.5. The number of likely N-dealkylation sites (tertiary alicyclic amines) is 1. The average molecular weight is 411 g/mol. The normalized spacial score (nSPS) is 18.9. The number of nitrogens with zero attached hydrogens (tertiary/aromatic N) is 2. The summed E-state index contributed by atoms with van der Waals surface area (Å²) in [6.07, 6.45) is 12.9. The first-order valence-electron chi connectivity index (χ1n) is 12.0. The Morgan fingerprint density at radius 2 is 1.62 bits per heavy atom. The molecule has 0 saturated carbocycles. The fourth-order valence-corrected chi connectivity index (χ4v) is 4.17. The van der Waals surface area contributed by atoms with Crippen LogP contribution in [0.3, 0.4) is 0 Å². The number of rotatable bonds is 15. The van der Waals surface area contributed by atoms with Gasteiger partial charge in [0.2, 0.25) is 5.91 Å².